The standard InChI is InChI=1S/C26H22F4N6O/c27-20-8-6-17(7-9-20)23-33-24(36(34-23)25-31-12-3-13-32-25)18-10-14-35(15-11-18)22(37)16-19-4-1-2-5-21(19)26(28,29)30/h1-9,12-13,18H,10-11,14-16H2. The molecule has 11 heteroatoms. The number of rotatable bonds is 5. The van der Waals surface area contributed by atoms with E-state index in [0.717, 1.165) is 6.07 Å². The van der Waals surface area contributed by atoms with Crippen molar-refractivity contribution in [3.8, 4) is 17.3 Å². The largest absolute Gasteiger partial charge is 0.416 e. The van der Waals surface area contributed by atoms with E-state index in [2.05, 4.69) is 15.1 Å². The van der Waals surface area contributed by atoms with Crippen LogP contribution in [0.15, 0.2) is 67.0 Å². The van der Waals surface area contributed by atoms with Crippen molar-refractivity contribution >= 4 is 5.91 Å². The van der Waals surface area contributed by atoms with Crippen LogP contribution in [0.5, 0.6) is 0 Å². The highest BCUT2D eigenvalue weighted by molar-refractivity contribution is 5.79. The molecular weight excluding hydrogens is 488 g/mol. The molecule has 1 saturated heterocycles. The van der Waals surface area contributed by atoms with E-state index in [9.17, 15) is 22.4 Å². The highest BCUT2D eigenvalue weighted by Gasteiger charge is 2.34. The summed E-state index contributed by atoms with van der Waals surface area (Å²) in [6.45, 7) is 0.734. The van der Waals surface area contributed by atoms with Gasteiger partial charge in [-0.3, -0.25) is 4.79 Å². The lowest BCUT2D eigenvalue weighted by atomic mass is 9.95. The molecule has 37 heavy (non-hydrogen) atoms. The van der Waals surface area contributed by atoms with E-state index in [4.69, 9.17) is 4.98 Å². The quantitative estimate of drug-likeness (QED) is 0.360. The molecule has 0 spiro atoms. The average Bonchev–Trinajstić information content (AvgIpc) is 3.35. The lowest BCUT2D eigenvalue weighted by Gasteiger charge is -2.31. The number of likely N-dealkylation sites (tertiary alicyclic amines) is 1. The Morgan fingerprint density at radius 2 is 1.62 bits per heavy atom. The van der Waals surface area contributed by atoms with Crippen LogP contribution in [0.1, 0.15) is 35.7 Å². The summed E-state index contributed by atoms with van der Waals surface area (Å²) in [7, 11) is 0. The van der Waals surface area contributed by atoms with Gasteiger partial charge in [0.05, 0.1) is 12.0 Å². The summed E-state index contributed by atoms with van der Waals surface area (Å²) >= 11 is 0. The summed E-state index contributed by atoms with van der Waals surface area (Å²) in [6, 6.07) is 12.7. The first-order valence-electron chi connectivity index (χ1n) is 11.7. The molecule has 0 atom stereocenters. The van der Waals surface area contributed by atoms with E-state index in [0.29, 0.717) is 49.1 Å². The third kappa shape index (κ3) is 5.35. The van der Waals surface area contributed by atoms with Crippen LogP contribution in [0.2, 0.25) is 0 Å². The maximum absolute atomic E-state index is 13.4. The fourth-order valence-corrected chi connectivity index (χ4v) is 4.47. The minimum Gasteiger partial charge on any atom is -0.342 e. The van der Waals surface area contributed by atoms with Crippen LogP contribution >= 0.6 is 0 Å². The zero-order valence-electron chi connectivity index (χ0n) is 19.6. The van der Waals surface area contributed by atoms with Gasteiger partial charge in [0.15, 0.2) is 5.82 Å². The van der Waals surface area contributed by atoms with Gasteiger partial charge in [0.1, 0.15) is 11.6 Å². The Balaban J connectivity index is 1.34. The first kappa shape index (κ1) is 24.5. The van der Waals surface area contributed by atoms with E-state index in [1.807, 2.05) is 0 Å². The van der Waals surface area contributed by atoms with Gasteiger partial charge < -0.3 is 4.90 Å². The van der Waals surface area contributed by atoms with Crippen molar-refractivity contribution in [3.05, 3.63) is 89.8 Å². The van der Waals surface area contributed by atoms with Crippen molar-refractivity contribution in [1.29, 1.82) is 0 Å². The number of hydrogen-bond donors (Lipinski definition) is 0. The van der Waals surface area contributed by atoms with E-state index in [-0.39, 0.29) is 29.6 Å². The number of hydrogen-bond acceptors (Lipinski definition) is 5. The zero-order chi connectivity index (χ0) is 26.0. The number of halogens is 4. The molecule has 2 aromatic carbocycles. The summed E-state index contributed by atoms with van der Waals surface area (Å²) < 4.78 is 55.0. The molecule has 0 bridgehead atoms. The van der Waals surface area contributed by atoms with Gasteiger partial charge in [-0.05, 0) is 54.8 Å². The van der Waals surface area contributed by atoms with Crippen LogP contribution < -0.4 is 0 Å². The Bertz CT molecular complexity index is 1380. The fourth-order valence-electron chi connectivity index (χ4n) is 4.47. The molecule has 1 amide bonds. The topological polar surface area (TPSA) is 76.8 Å². The molecule has 4 aromatic rings. The molecule has 7 nitrogen and oxygen atoms in total. The maximum Gasteiger partial charge on any atom is 0.416 e. The number of alkyl halides is 3. The third-order valence-electron chi connectivity index (χ3n) is 6.35. The third-order valence-corrected chi connectivity index (χ3v) is 6.35. The predicted molar refractivity (Wildman–Crippen MR) is 126 cm³/mol. The Kier molecular flexibility index (Phi) is 6.68. The van der Waals surface area contributed by atoms with Gasteiger partial charge in [0, 0.05) is 37.0 Å². The van der Waals surface area contributed by atoms with Gasteiger partial charge in [-0.15, -0.1) is 5.10 Å². The van der Waals surface area contributed by atoms with Crippen LogP contribution in [0.3, 0.4) is 0 Å². The SMILES string of the molecule is O=C(Cc1ccccc1C(F)(F)F)N1CCC(c2nc(-c3ccc(F)cc3)nn2-c2ncccn2)CC1. The molecule has 3 heterocycles. The van der Waals surface area contributed by atoms with E-state index in [1.165, 1.54) is 30.3 Å². The first-order chi connectivity index (χ1) is 17.8. The average molecular weight is 510 g/mol. The van der Waals surface area contributed by atoms with Gasteiger partial charge in [-0.1, -0.05) is 18.2 Å². The molecule has 1 aliphatic rings. The molecule has 1 fully saturated rings. The summed E-state index contributed by atoms with van der Waals surface area (Å²) in [5.41, 5.74) is -0.192. The van der Waals surface area contributed by atoms with Crippen molar-refractivity contribution in [2.45, 2.75) is 31.4 Å². The molecule has 0 N–H and O–H groups in total. The van der Waals surface area contributed by atoms with Gasteiger partial charge >= 0.3 is 6.18 Å². The molecule has 0 radical (unpaired) electrons. The number of amides is 1. The normalized spacial score (nSPS) is 14.6. The first-order valence-corrected chi connectivity index (χ1v) is 11.7. The van der Waals surface area contributed by atoms with Crippen molar-refractivity contribution in [2.75, 3.05) is 13.1 Å². The van der Waals surface area contributed by atoms with Crippen molar-refractivity contribution in [2.24, 2.45) is 0 Å². The van der Waals surface area contributed by atoms with E-state index in [1.54, 1.807) is 40.2 Å². The molecular formula is C26H22F4N6O. The monoisotopic (exact) mass is 510 g/mol. The molecule has 190 valence electrons. The number of aromatic nitrogens is 5. The number of carbonyl (C=O) groups is 1. The molecule has 2 aromatic heterocycles. The highest BCUT2D eigenvalue weighted by atomic mass is 19.4. The second kappa shape index (κ2) is 10.1. The number of benzene rings is 2. The van der Waals surface area contributed by atoms with Crippen molar-refractivity contribution in [1.82, 2.24) is 29.6 Å². The van der Waals surface area contributed by atoms with Crippen LogP contribution in [0.4, 0.5) is 17.6 Å². The number of nitrogens with zero attached hydrogens (tertiary/aromatic N) is 6. The minimum atomic E-state index is -4.52. The lowest BCUT2D eigenvalue weighted by molar-refractivity contribution is -0.138. The highest BCUT2D eigenvalue weighted by Crippen LogP contribution is 2.33. The summed E-state index contributed by atoms with van der Waals surface area (Å²) in [6.07, 6.45) is -0.572. The summed E-state index contributed by atoms with van der Waals surface area (Å²) in [5.74, 6) is 0.530. The maximum atomic E-state index is 13.4. The van der Waals surface area contributed by atoms with Crippen LogP contribution in [-0.4, -0.2) is 48.6 Å². The Morgan fingerprint density at radius 1 is 0.946 bits per heavy atom. The van der Waals surface area contributed by atoms with E-state index < -0.39 is 11.7 Å². The minimum absolute atomic E-state index is 0.0352. The summed E-state index contributed by atoms with van der Waals surface area (Å²) in [4.78, 5) is 27.7. The van der Waals surface area contributed by atoms with E-state index >= 15 is 0 Å². The number of piperidine rings is 1. The lowest BCUT2D eigenvalue weighted by Crippen LogP contribution is -2.39. The van der Waals surface area contributed by atoms with Gasteiger partial charge in [-0.25, -0.2) is 19.3 Å². The summed E-state index contributed by atoms with van der Waals surface area (Å²) in [5, 5.41) is 4.57. The molecule has 0 saturated carbocycles. The fraction of sp³-hybridized carbons (Fsp3) is 0.269. The van der Waals surface area contributed by atoms with Gasteiger partial charge in [-0.2, -0.15) is 17.9 Å². The molecule has 0 aliphatic carbocycles. The molecule has 5 rings (SSSR count). The Labute approximate surface area is 209 Å². The second-order valence-electron chi connectivity index (χ2n) is 8.75. The van der Waals surface area contributed by atoms with Crippen molar-refractivity contribution in [3.63, 3.8) is 0 Å². The van der Waals surface area contributed by atoms with Gasteiger partial charge in [0.2, 0.25) is 5.91 Å². The molecule has 1 aliphatic heterocycles. The number of carbonyl (C=O) groups excluding carboxylic acids is 1. The Hall–Kier alpha value is -4.15. The van der Waals surface area contributed by atoms with Crippen molar-refractivity contribution < 1.29 is 22.4 Å². The smallest absolute Gasteiger partial charge is 0.342 e. The predicted octanol–water partition coefficient (Wildman–Crippen LogP) is 4.83. The van der Waals surface area contributed by atoms with Crippen LogP contribution in [0, 0.1) is 5.82 Å². The second-order valence-corrected chi connectivity index (χ2v) is 8.75. The zero-order valence-corrected chi connectivity index (χ0v) is 19.6. The van der Waals surface area contributed by atoms with Crippen LogP contribution in [0.25, 0.3) is 17.3 Å². The molecule has 0 unspecified atom stereocenters. The van der Waals surface area contributed by atoms with Crippen LogP contribution in [-0.2, 0) is 17.4 Å². The van der Waals surface area contributed by atoms with Gasteiger partial charge in [0.25, 0.3) is 5.95 Å². The Morgan fingerprint density at radius 3 is 2.30 bits per heavy atom.